The van der Waals surface area contributed by atoms with Crippen LogP contribution in [0.25, 0.3) is 0 Å². The Morgan fingerprint density at radius 3 is 2.88 bits per heavy atom. The molecule has 0 atom stereocenters. The van der Waals surface area contributed by atoms with Crippen LogP contribution in [0.3, 0.4) is 0 Å². The zero-order chi connectivity index (χ0) is 12.1. The van der Waals surface area contributed by atoms with E-state index in [0.717, 1.165) is 31.9 Å². The highest BCUT2D eigenvalue weighted by Gasteiger charge is 2.02. The number of aryl methyl sites for hydroxylation is 2. The minimum Gasteiger partial charge on any atom is -0.334 e. The van der Waals surface area contributed by atoms with Gasteiger partial charge in [0.05, 0.1) is 12.2 Å². The summed E-state index contributed by atoms with van der Waals surface area (Å²) in [7, 11) is 1.95. The lowest BCUT2D eigenvalue weighted by Crippen LogP contribution is -2.18. The highest BCUT2D eigenvalue weighted by Crippen LogP contribution is 2.00. The van der Waals surface area contributed by atoms with Crippen molar-refractivity contribution in [1.29, 1.82) is 0 Å². The van der Waals surface area contributed by atoms with Crippen LogP contribution in [0.15, 0.2) is 24.7 Å². The Morgan fingerprint density at radius 2 is 2.18 bits per heavy atom. The van der Waals surface area contributed by atoms with Crippen LogP contribution < -0.4 is 5.32 Å². The Labute approximate surface area is 101 Å². The summed E-state index contributed by atoms with van der Waals surface area (Å²) in [5.41, 5.74) is 1.18. The molecule has 0 saturated heterocycles. The van der Waals surface area contributed by atoms with Gasteiger partial charge in [-0.15, -0.1) is 0 Å². The first-order valence-corrected chi connectivity index (χ1v) is 5.99. The van der Waals surface area contributed by atoms with Crippen LogP contribution in [-0.4, -0.2) is 19.3 Å². The molecule has 17 heavy (non-hydrogen) atoms. The van der Waals surface area contributed by atoms with E-state index in [1.54, 1.807) is 0 Å². The predicted octanol–water partition coefficient (Wildman–Crippen LogP) is 1.32. The summed E-state index contributed by atoms with van der Waals surface area (Å²) in [6.45, 7) is 4.81. The smallest absolute Gasteiger partial charge is 0.122 e. The molecule has 2 rings (SSSR count). The fourth-order valence-electron chi connectivity index (χ4n) is 1.83. The van der Waals surface area contributed by atoms with Gasteiger partial charge in [-0.3, -0.25) is 4.68 Å². The second-order valence-corrected chi connectivity index (χ2v) is 4.09. The average molecular weight is 233 g/mol. The van der Waals surface area contributed by atoms with Crippen LogP contribution in [0.5, 0.6) is 0 Å². The van der Waals surface area contributed by atoms with Crippen LogP contribution in [0.4, 0.5) is 0 Å². The lowest BCUT2D eigenvalue weighted by molar-refractivity contribution is 0.571. The van der Waals surface area contributed by atoms with E-state index < -0.39 is 0 Å². The number of hydrogen-bond donors (Lipinski definition) is 1. The maximum atomic E-state index is 4.35. The Balaban J connectivity index is 1.86. The third-order valence-corrected chi connectivity index (χ3v) is 2.78. The van der Waals surface area contributed by atoms with E-state index in [4.69, 9.17) is 0 Å². The van der Waals surface area contributed by atoms with Crippen molar-refractivity contribution in [2.45, 2.75) is 33.0 Å². The van der Waals surface area contributed by atoms with Crippen molar-refractivity contribution < 1.29 is 0 Å². The van der Waals surface area contributed by atoms with Gasteiger partial charge in [0.1, 0.15) is 5.82 Å². The van der Waals surface area contributed by atoms with E-state index in [1.807, 2.05) is 36.4 Å². The molecular formula is C12H19N5. The summed E-state index contributed by atoms with van der Waals surface area (Å²) in [6, 6.07) is 2.02. The quantitative estimate of drug-likeness (QED) is 0.818. The largest absolute Gasteiger partial charge is 0.334 e. The summed E-state index contributed by atoms with van der Waals surface area (Å²) in [5.74, 6) is 1.09. The second kappa shape index (κ2) is 5.63. The Bertz CT molecular complexity index is 457. The van der Waals surface area contributed by atoms with E-state index in [9.17, 15) is 0 Å². The maximum Gasteiger partial charge on any atom is 0.122 e. The van der Waals surface area contributed by atoms with Crippen molar-refractivity contribution in [3.05, 3.63) is 36.2 Å². The van der Waals surface area contributed by atoms with E-state index in [2.05, 4.69) is 26.9 Å². The fourth-order valence-corrected chi connectivity index (χ4v) is 1.83. The minimum atomic E-state index is 0.790. The first-order valence-electron chi connectivity index (χ1n) is 5.99. The molecule has 5 heteroatoms. The second-order valence-electron chi connectivity index (χ2n) is 4.09. The van der Waals surface area contributed by atoms with E-state index in [-0.39, 0.29) is 0 Å². The first kappa shape index (κ1) is 11.9. The van der Waals surface area contributed by atoms with Crippen molar-refractivity contribution in [3.8, 4) is 0 Å². The van der Waals surface area contributed by atoms with E-state index in [0.29, 0.717) is 0 Å². The van der Waals surface area contributed by atoms with Crippen LogP contribution in [0.2, 0.25) is 0 Å². The van der Waals surface area contributed by atoms with E-state index >= 15 is 0 Å². The van der Waals surface area contributed by atoms with Crippen LogP contribution in [-0.2, 0) is 26.7 Å². The van der Waals surface area contributed by atoms with Gasteiger partial charge >= 0.3 is 0 Å². The van der Waals surface area contributed by atoms with Gasteiger partial charge in [0.2, 0.25) is 0 Å². The summed E-state index contributed by atoms with van der Waals surface area (Å²) < 4.78 is 4.07. The van der Waals surface area contributed by atoms with Gasteiger partial charge in [-0.1, -0.05) is 6.92 Å². The van der Waals surface area contributed by atoms with Gasteiger partial charge in [0.25, 0.3) is 0 Å². The molecule has 0 spiro atoms. The minimum absolute atomic E-state index is 0.790. The third kappa shape index (κ3) is 2.94. The Kier molecular flexibility index (Phi) is 3.93. The molecule has 0 saturated carbocycles. The Morgan fingerprint density at radius 1 is 1.29 bits per heavy atom. The molecule has 0 aliphatic rings. The molecule has 2 aromatic rings. The fraction of sp³-hybridized carbons (Fsp3) is 0.500. The summed E-state index contributed by atoms with van der Waals surface area (Å²) in [6.07, 6.45) is 6.83. The number of rotatable bonds is 6. The molecular weight excluding hydrogens is 214 g/mol. The Hall–Kier alpha value is -1.62. The highest BCUT2D eigenvalue weighted by atomic mass is 15.3. The monoisotopic (exact) mass is 233 g/mol. The molecule has 1 N–H and O–H groups in total. The molecule has 5 nitrogen and oxygen atoms in total. The molecule has 2 aromatic heterocycles. The zero-order valence-electron chi connectivity index (χ0n) is 10.4. The molecule has 0 bridgehead atoms. The SMILES string of the molecule is CCCn1ccnc1CNCc1ccnn1C. The number of nitrogens with zero attached hydrogens (tertiary/aromatic N) is 4. The topological polar surface area (TPSA) is 47.7 Å². The van der Waals surface area contributed by atoms with Gasteiger partial charge in [-0.05, 0) is 12.5 Å². The van der Waals surface area contributed by atoms with Crippen molar-refractivity contribution in [1.82, 2.24) is 24.6 Å². The molecule has 0 aliphatic heterocycles. The van der Waals surface area contributed by atoms with Crippen molar-refractivity contribution in [2.24, 2.45) is 7.05 Å². The number of aromatic nitrogens is 4. The predicted molar refractivity (Wildman–Crippen MR) is 66.3 cm³/mol. The number of hydrogen-bond acceptors (Lipinski definition) is 3. The van der Waals surface area contributed by atoms with Gasteiger partial charge in [-0.2, -0.15) is 5.10 Å². The van der Waals surface area contributed by atoms with Crippen molar-refractivity contribution in [2.75, 3.05) is 0 Å². The van der Waals surface area contributed by atoms with Crippen LogP contribution in [0, 0.1) is 0 Å². The molecule has 0 unspecified atom stereocenters. The van der Waals surface area contributed by atoms with Crippen LogP contribution in [0.1, 0.15) is 24.9 Å². The van der Waals surface area contributed by atoms with Gasteiger partial charge in [0.15, 0.2) is 0 Å². The van der Waals surface area contributed by atoms with Crippen molar-refractivity contribution in [3.63, 3.8) is 0 Å². The third-order valence-electron chi connectivity index (χ3n) is 2.78. The molecule has 2 heterocycles. The average Bonchev–Trinajstić information content (AvgIpc) is 2.90. The number of imidazole rings is 1. The maximum absolute atomic E-state index is 4.35. The summed E-state index contributed by atoms with van der Waals surface area (Å²) >= 11 is 0. The molecule has 0 aliphatic carbocycles. The zero-order valence-corrected chi connectivity index (χ0v) is 10.4. The normalized spacial score (nSPS) is 10.9. The highest BCUT2D eigenvalue weighted by molar-refractivity contribution is 5.00. The first-order chi connectivity index (χ1) is 8.31. The van der Waals surface area contributed by atoms with Gasteiger partial charge in [0, 0.05) is 38.7 Å². The van der Waals surface area contributed by atoms with Crippen LogP contribution >= 0.6 is 0 Å². The van der Waals surface area contributed by atoms with E-state index in [1.165, 1.54) is 5.69 Å². The lowest BCUT2D eigenvalue weighted by Gasteiger charge is -2.07. The molecule has 0 amide bonds. The van der Waals surface area contributed by atoms with Crippen molar-refractivity contribution >= 4 is 0 Å². The summed E-state index contributed by atoms with van der Waals surface area (Å²) in [5, 5.41) is 7.52. The summed E-state index contributed by atoms with van der Waals surface area (Å²) in [4.78, 5) is 4.35. The molecule has 0 radical (unpaired) electrons. The molecule has 92 valence electrons. The molecule has 0 fully saturated rings. The van der Waals surface area contributed by atoms with Gasteiger partial charge < -0.3 is 9.88 Å². The number of nitrogens with one attached hydrogen (secondary N) is 1. The van der Waals surface area contributed by atoms with Gasteiger partial charge in [-0.25, -0.2) is 4.98 Å². The standard InChI is InChI=1S/C12H19N5/c1-3-7-17-8-6-14-12(17)10-13-9-11-4-5-15-16(11)2/h4-6,8,13H,3,7,9-10H2,1-2H3. The lowest BCUT2D eigenvalue weighted by atomic mass is 10.4. The molecule has 0 aromatic carbocycles.